The summed E-state index contributed by atoms with van der Waals surface area (Å²) in [6.45, 7) is 2.39. The summed E-state index contributed by atoms with van der Waals surface area (Å²) in [7, 11) is 2.65. The number of ketones is 2. The van der Waals surface area contributed by atoms with E-state index in [1.54, 1.807) is 0 Å². The molecule has 0 saturated heterocycles. The van der Waals surface area contributed by atoms with Crippen LogP contribution in [-0.4, -0.2) is 32.4 Å². The first-order valence-electron chi connectivity index (χ1n) is 5.41. The Balaban J connectivity index is 2.91. The molecule has 0 N–H and O–H groups in total. The van der Waals surface area contributed by atoms with Crippen LogP contribution in [0.3, 0.4) is 0 Å². The van der Waals surface area contributed by atoms with E-state index in [2.05, 4.69) is 0 Å². The molecule has 0 spiro atoms. The maximum atomic E-state index is 11.8. The van der Waals surface area contributed by atoms with Crippen molar-refractivity contribution in [3.8, 4) is 0 Å². The fraction of sp³-hybridized carbons (Fsp3) is 0.500. The lowest BCUT2D eigenvalue weighted by Crippen LogP contribution is -2.23. The fourth-order valence-electron chi connectivity index (χ4n) is 1.37. The van der Waals surface area contributed by atoms with Crippen LogP contribution in [-0.2, 0) is 23.8 Å². The van der Waals surface area contributed by atoms with Gasteiger partial charge in [-0.3, -0.25) is 9.59 Å². The molecule has 1 aliphatic carbocycles. The number of Topliss-reactive ketones (excluding diaryl/α,β-unsaturated/α-hetero) is 1. The van der Waals surface area contributed by atoms with Gasteiger partial charge in [-0.25, -0.2) is 0 Å². The molecule has 0 aromatic heterocycles. The van der Waals surface area contributed by atoms with Gasteiger partial charge < -0.3 is 14.2 Å². The smallest absolute Gasteiger partial charge is 0.266 e. The second-order valence-corrected chi connectivity index (χ2v) is 3.47. The zero-order chi connectivity index (χ0) is 12.8. The molecule has 94 valence electrons. The molecule has 0 unspecified atom stereocenters. The summed E-state index contributed by atoms with van der Waals surface area (Å²) in [6, 6.07) is 0. The molecule has 0 aromatic carbocycles. The molecule has 0 aliphatic heterocycles. The van der Waals surface area contributed by atoms with Crippen LogP contribution in [0.5, 0.6) is 0 Å². The van der Waals surface area contributed by atoms with Gasteiger partial charge in [0.25, 0.3) is 5.78 Å². The van der Waals surface area contributed by atoms with E-state index in [1.807, 2.05) is 6.92 Å². The fourth-order valence-corrected chi connectivity index (χ4v) is 1.37. The van der Waals surface area contributed by atoms with Crippen molar-refractivity contribution < 1.29 is 23.8 Å². The average molecular weight is 240 g/mol. The summed E-state index contributed by atoms with van der Waals surface area (Å²) < 4.78 is 15.0. The number of allylic oxidation sites excluding steroid dienone is 1. The van der Waals surface area contributed by atoms with E-state index in [0.717, 1.165) is 18.9 Å². The van der Waals surface area contributed by atoms with Crippen molar-refractivity contribution in [2.45, 2.75) is 19.8 Å². The topological polar surface area (TPSA) is 61.8 Å². The average Bonchev–Trinajstić information content (AvgIpc) is 2.33. The van der Waals surface area contributed by atoms with Gasteiger partial charge in [0.05, 0.1) is 20.8 Å². The second kappa shape index (κ2) is 6.08. The molecule has 0 bridgehead atoms. The standard InChI is InChI=1S/C12H16O5/c1-4-5-6-17-11-8(13)7-9(15-2)10(14)12(11)16-3/h7H,4-6H2,1-3H3. The summed E-state index contributed by atoms with van der Waals surface area (Å²) in [4.78, 5) is 23.5. The van der Waals surface area contributed by atoms with Gasteiger partial charge in [0.15, 0.2) is 5.76 Å². The van der Waals surface area contributed by atoms with E-state index in [-0.39, 0.29) is 17.3 Å². The Bertz CT molecular complexity index is 378. The summed E-state index contributed by atoms with van der Waals surface area (Å²) in [5, 5.41) is 0. The molecular formula is C12H16O5. The molecule has 17 heavy (non-hydrogen) atoms. The number of hydrogen-bond acceptors (Lipinski definition) is 5. The van der Waals surface area contributed by atoms with E-state index >= 15 is 0 Å². The van der Waals surface area contributed by atoms with Crippen molar-refractivity contribution in [3.05, 3.63) is 23.4 Å². The Morgan fingerprint density at radius 1 is 1.12 bits per heavy atom. The molecule has 0 amide bonds. The predicted molar refractivity (Wildman–Crippen MR) is 60.0 cm³/mol. The third kappa shape index (κ3) is 2.87. The van der Waals surface area contributed by atoms with Gasteiger partial charge in [-0.2, -0.15) is 0 Å². The predicted octanol–water partition coefficient (Wildman–Crippen LogP) is 1.34. The molecule has 0 radical (unpaired) electrons. The number of carbonyl (C=O) groups is 2. The maximum absolute atomic E-state index is 11.8. The van der Waals surface area contributed by atoms with E-state index < -0.39 is 11.6 Å². The van der Waals surface area contributed by atoms with Gasteiger partial charge in [0, 0.05) is 6.08 Å². The summed E-state index contributed by atoms with van der Waals surface area (Å²) in [5.41, 5.74) is 0. The van der Waals surface area contributed by atoms with Crippen LogP contribution >= 0.6 is 0 Å². The molecule has 0 fully saturated rings. The van der Waals surface area contributed by atoms with E-state index in [4.69, 9.17) is 14.2 Å². The minimum atomic E-state index is -0.471. The molecular weight excluding hydrogens is 224 g/mol. The first-order valence-corrected chi connectivity index (χ1v) is 5.41. The Kier molecular flexibility index (Phi) is 4.75. The van der Waals surface area contributed by atoms with Gasteiger partial charge in [-0.1, -0.05) is 13.3 Å². The third-order valence-corrected chi connectivity index (χ3v) is 2.29. The monoisotopic (exact) mass is 240 g/mol. The number of ether oxygens (including phenoxy) is 3. The van der Waals surface area contributed by atoms with E-state index in [0.29, 0.717) is 6.61 Å². The van der Waals surface area contributed by atoms with Crippen LogP contribution in [0.25, 0.3) is 0 Å². The molecule has 0 heterocycles. The van der Waals surface area contributed by atoms with Crippen molar-refractivity contribution in [2.24, 2.45) is 0 Å². The molecule has 0 atom stereocenters. The van der Waals surface area contributed by atoms with Crippen LogP contribution in [0.15, 0.2) is 23.4 Å². The number of unbranched alkanes of at least 4 members (excludes halogenated alkanes) is 1. The molecule has 0 aromatic rings. The molecule has 5 heteroatoms. The van der Waals surface area contributed by atoms with Crippen molar-refractivity contribution in [3.63, 3.8) is 0 Å². The second-order valence-electron chi connectivity index (χ2n) is 3.47. The van der Waals surface area contributed by atoms with Crippen molar-refractivity contribution in [1.29, 1.82) is 0 Å². The van der Waals surface area contributed by atoms with Gasteiger partial charge in [-0.15, -0.1) is 0 Å². The van der Waals surface area contributed by atoms with Crippen LogP contribution < -0.4 is 0 Å². The van der Waals surface area contributed by atoms with Gasteiger partial charge in [-0.05, 0) is 6.42 Å². The number of methoxy groups -OCH3 is 2. The lowest BCUT2D eigenvalue weighted by Gasteiger charge is -2.17. The Morgan fingerprint density at radius 2 is 1.82 bits per heavy atom. The first-order chi connectivity index (χ1) is 8.15. The normalized spacial score (nSPS) is 15.8. The van der Waals surface area contributed by atoms with Crippen LogP contribution in [0.1, 0.15) is 19.8 Å². The number of rotatable bonds is 6. The summed E-state index contributed by atoms with van der Waals surface area (Å²) >= 11 is 0. The van der Waals surface area contributed by atoms with Gasteiger partial charge >= 0.3 is 0 Å². The van der Waals surface area contributed by atoms with Crippen molar-refractivity contribution in [2.75, 3.05) is 20.8 Å². The van der Waals surface area contributed by atoms with E-state index in [9.17, 15) is 9.59 Å². The highest BCUT2D eigenvalue weighted by Gasteiger charge is 2.31. The highest BCUT2D eigenvalue weighted by atomic mass is 16.5. The van der Waals surface area contributed by atoms with Crippen LogP contribution in [0.2, 0.25) is 0 Å². The molecule has 1 aliphatic rings. The third-order valence-electron chi connectivity index (χ3n) is 2.29. The SMILES string of the molecule is CCCCOC1=C(OC)C(=O)C(OC)=CC1=O. The quantitative estimate of drug-likeness (QED) is 0.518. The maximum Gasteiger partial charge on any atom is 0.266 e. The molecule has 0 saturated carbocycles. The largest absolute Gasteiger partial charge is 0.492 e. The number of carbonyl (C=O) groups excluding carboxylic acids is 2. The van der Waals surface area contributed by atoms with Crippen LogP contribution in [0.4, 0.5) is 0 Å². The zero-order valence-electron chi connectivity index (χ0n) is 10.2. The first kappa shape index (κ1) is 13.3. The lowest BCUT2D eigenvalue weighted by molar-refractivity contribution is -0.123. The highest BCUT2D eigenvalue weighted by Crippen LogP contribution is 2.21. The zero-order valence-corrected chi connectivity index (χ0v) is 10.2. The number of hydrogen-bond donors (Lipinski definition) is 0. The minimum Gasteiger partial charge on any atom is -0.492 e. The Labute approximate surface area is 100 Å². The Morgan fingerprint density at radius 3 is 2.35 bits per heavy atom. The van der Waals surface area contributed by atoms with Gasteiger partial charge in [0.1, 0.15) is 0 Å². The Hall–Kier alpha value is -1.78. The summed E-state index contributed by atoms with van der Waals surface area (Å²) in [5.74, 6) is -1.04. The lowest BCUT2D eigenvalue weighted by atomic mass is 10.1. The summed E-state index contributed by atoms with van der Waals surface area (Å²) in [6.07, 6.45) is 2.87. The van der Waals surface area contributed by atoms with Crippen LogP contribution in [0, 0.1) is 0 Å². The molecule has 1 rings (SSSR count). The van der Waals surface area contributed by atoms with E-state index in [1.165, 1.54) is 14.2 Å². The minimum absolute atomic E-state index is 0.0327. The van der Waals surface area contributed by atoms with Crippen molar-refractivity contribution >= 4 is 11.6 Å². The highest BCUT2D eigenvalue weighted by molar-refractivity contribution is 6.20. The van der Waals surface area contributed by atoms with Gasteiger partial charge in [0.2, 0.25) is 17.3 Å². The van der Waals surface area contributed by atoms with Crippen molar-refractivity contribution in [1.82, 2.24) is 0 Å². The molecule has 5 nitrogen and oxygen atoms in total.